The molecule has 0 aliphatic carbocycles. The van der Waals surface area contributed by atoms with Gasteiger partial charge in [-0.05, 0) is 31.0 Å². The minimum absolute atomic E-state index is 0.596. The summed E-state index contributed by atoms with van der Waals surface area (Å²) < 4.78 is 5.01. The Morgan fingerprint density at radius 3 is 2.62 bits per heavy atom. The average Bonchev–Trinajstić information content (AvgIpc) is 2.75. The van der Waals surface area contributed by atoms with Crippen LogP contribution in [-0.4, -0.2) is 5.11 Å². The molecule has 2 nitrogen and oxygen atoms in total. The highest BCUT2D eigenvalue weighted by atomic mass is 16.3. The number of furan rings is 1. The van der Waals surface area contributed by atoms with Gasteiger partial charge in [-0.25, -0.2) is 0 Å². The number of aryl methyl sites for hydroxylation is 1. The van der Waals surface area contributed by atoms with Crippen molar-refractivity contribution in [2.75, 3.05) is 0 Å². The molecule has 2 aromatic rings. The van der Waals surface area contributed by atoms with Crippen LogP contribution in [0.4, 0.5) is 0 Å². The van der Waals surface area contributed by atoms with Crippen LogP contribution >= 0.6 is 0 Å². The maximum Gasteiger partial charge on any atom is 0.0963 e. The van der Waals surface area contributed by atoms with E-state index >= 15 is 0 Å². The van der Waals surface area contributed by atoms with Gasteiger partial charge in [0.2, 0.25) is 0 Å². The lowest BCUT2D eigenvalue weighted by molar-refractivity contribution is 0.0568. The number of hydrogen-bond acceptors (Lipinski definition) is 2. The van der Waals surface area contributed by atoms with Gasteiger partial charge in [0.1, 0.15) is 0 Å². The predicted molar refractivity (Wildman–Crippen MR) is 63.2 cm³/mol. The van der Waals surface area contributed by atoms with E-state index in [4.69, 9.17) is 4.42 Å². The van der Waals surface area contributed by atoms with Crippen molar-refractivity contribution in [1.29, 1.82) is 0 Å². The van der Waals surface area contributed by atoms with Gasteiger partial charge in [-0.15, -0.1) is 0 Å². The molecule has 0 aliphatic heterocycles. The Balaban J connectivity index is 2.25. The molecule has 1 N–H and O–H groups in total. The molecule has 16 heavy (non-hydrogen) atoms. The Morgan fingerprint density at radius 2 is 2.00 bits per heavy atom. The first-order chi connectivity index (χ1) is 7.59. The molecule has 2 heteroatoms. The molecule has 1 aromatic carbocycles. The van der Waals surface area contributed by atoms with Crippen molar-refractivity contribution in [3.8, 4) is 0 Å². The number of hydrogen-bond donors (Lipinski definition) is 1. The van der Waals surface area contributed by atoms with Crippen LogP contribution in [0.15, 0.2) is 47.3 Å². The monoisotopic (exact) mass is 216 g/mol. The van der Waals surface area contributed by atoms with Crippen molar-refractivity contribution in [3.63, 3.8) is 0 Å². The van der Waals surface area contributed by atoms with E-state index in [1.807, 2.05) is 25.1 Å². The molecule has 0 aliphatic rings. The quantitative estimate of drug-likeness (QED) is 0.855. The van der Waals surface area contributed by atoms with Crippen molar-refractivity contribution in [1.82, 2.24) is 0 Å². The van der Waals surface area contributed by atoms with E-state index in [9.17, 15) is 5.11 Å². The van der Waals surface area contributed by atoms with Crippen LogP contribution in [0.3, 0.4) is 0 Å². The molecule has 84 valence electrons. The fraction of sp³-hybridized carbons (Fsp3) is 0.286. The van der Waals surface area contributed by atoms with E-state index in [-0.39, 0.29) is 0 Å². The summed E-state index contributed by atoms with van der Waals surface area (Å²) in [7, 11) is 0. The van der Waals surface area contributed by atoms with Crippen LogP contribution in [0.2, 0.25) is 0 Å². The molecule has 1 atom stereocenters. The van der Waals surface area contributed by atoms with Crippen LogP contribution < -0.4 is 0 Å². The Kier molecular flexibility index (Phi) is 2.84. The van der Waals surface area contributed by atoms with Crippen LogP contribution in [0.5, 0.6) is 0 Å². The molecular formula is C14H16O2. The molecule has 1 aromatic heterocycles. The zero-order valence-electron chi connectivity index (χ0n) is 9.60. The maximum atomic E-state index is 10.4. The van der Waals surface area contributed by atoms with E-state index in [0.29, 0.717) is 6.42 Å². The van der Waals surface area contributed by atoms with Crippen molar-refractivity contribution in [2.45, 2.75) is 25.9 Å². The van der Waals surface area contributed by atoms with Crippen LogP contribution in [0, 0.1) is 6.92 Å². The summed E-state index contributed by atoms with van der Waals surface area (Å²) in [5.41, 5.74) is 2.30. The lowest BCUT2D eigenvalue weighted by Crippen LogP contribution is -2.23. The normalized spacial score (nSPS) is 14.7. The van der Waals surface area contributed by atoms with E-state index in [1.54, 1.807) is 18.6 Å². The predicted octanol–water partition coefficient (Wildman–Crippen LogP) is 3.04. The highest BCUT2D eigenvalue weighted by molar-refractivity contribution is 5.29. The van der Waals surface area contributed by atoms with E-state index in [0.717, 1.165) is 11.1 Å². The summed E-state index contributed by atoms with van der Waals surface area (Å²) in [5.74, 6) is 0. The van der Waals surface area contributed by atoms with Gasteiger partial charge in [-0.3, -0.25) is 0 Å². The average molecular weight is 216 g/mol. The van der Waals surface area contributed by atoms with Crippen molar-refractivity contribution in [3.05, 3.63) is 59.5 Å². The van der Waals surface area contributed by atoms with Crippen molar-refractivity contribution in [2.24, 2.45) is 0 Å². The summed E-state index contributed by atoms with van der Waals surface area (Å²) in [5, 5.41) is 10.4. The molecule has 0 fully saturated rings. The fourth-order valence-electron chi connectivity index (χ4n) is 1.85. The first kappa shape index (κ1) is 11.0. The second-order valence-electron chi connectivity index (χ2n) is 4.39. The van der Waals surface area contributed by atoms with Gasteiger partial charge in [0.05, 0.1) is 18.1 Å². The molecule has 0 saturated carbocycles. The number of rotatable bonds is 3. The van der Waals surface area contributed by atoms with E-state index < -0.39 is 5.60 Å². The SMILES string of the molecule is Cc1ccccc1CC(C)(O)c1ccoc1. The van der Waals surface area contributed by atoms with Gasteiger partial charge in [0, 0.05) is 12.0 Å². The molecule has 1 heterocycles. The highest BCUT2D eigenvalue weighted by Crippen LogP contribution is 2.26. The Labute approximate surface area is 95.5 Å². The summed E-state index contributed by atoms with van der Waals surface area (Å²) in [6.07, 6.45) is 3.78. The van der Waals surface area contributed by atoms with Crippen molar-refractivity contribution < 1.29 is 9.52 Å². The second kappa shape index (κ2) is 4.14. The molecule has 0 bridgehead atoms. The van der Waals surface area contributed by atoms with Crippen LogP contribution in [0.1, 0.15) is 23.6 Å². The topological polar surface area (TPSA) is 33.4 Å². The zero-order valence-corrected chi connectivity index (χ0v) is 9.60. The first-order valence-electron chi connectivity index (χ1n) is 5.39. The van der Waals surface area contributed by atoms with Crippen molar-refractivity contribution >= 4 is 0 Å². The molecule has 0 spiro atoms. The standard InChI is InChI=1S/C14H16O2/c1-11-5-3-4-6-12(11)9-14(2,15)13-7-8-16-10-13/h3-8,10,15H,9H2,1-2H3. The third kappa shape index (κ3) is 2.17. The van der Waals surface area contributed by atoms with Gasteiger partial charge in [-0.2, -0.15) is 0 Å². The Hall–Kier alpha value is -1.54. The smallest absolute Gasteiger partial charge is 0.0963 e. The fourth-order valence-corrected chi connectivity index (χ4v) is 1.85. The number of aliphatic hydroxyl groups is 1. The third-order valence-corrected chi connectivity index (χ3v) is 2.94. The number of benzene rings is 1. The minimum Gasteiger partial charge on any atom is -0.472 e. The molecule has 0 amide bonds. The third-order valence-electron chi connectivity index (χ3n) is 2.94. The zero-order chi connectivity index (χ0) is 11.6. The van der Waals surface area contributed by atoms with Gasteiger partial charge >= 0.3 is 0 Å². The van der Waals surface area contributed by atoms with Gasteiger partial charge in [0.25, 0.3) is 0 Å². The molecular weight excluding hydrogens is 200 g/mol. The Morgan fingerprint density at radius 1 is 1.25 bits per heavy atom. The minimum atomic E-state index is -0.876. The summed E-state index contributed by atoms with van der Waals surface area (Å²) in [6.45, 7) is 3.87. The maximum absolute atomic E-state index is 10.4. The Bertz CT molecular complexity index is 455. The molecule has 2 rings (SSSR count). The van der Waals surface area contributed by atoms with Crippen LogP contribution in [-0.2, 0) is 12.0 Å². The lowest BCUT2D eigenvalue weighted by atomic mass is 9.89. The summed E-state index contributed by atoms with van der Waals surface area (Å²) in [6, 6.07) is 9.90. The lowest BCUT2D eigenvalue weighted by Gasteiger charge is -2.22. The second-order valence-corrected chi connectivity index (χ2v) is 4.39. The molecule has 0 radical (unpaired) electrons. The van der Waals surface area contributed by atoms with Gasteiger partial charge in [-0.1, -0.05) is 24.3 Å². The molecule has 1 unspecified atom stereocenters. The van der Waals surface area contributed by atoms with Gasteiger partial charge < -0.3 is 9.52 Å². The first-order valence-corrected chi connectivity index (χ1v) is 5.39. The molecule has 0 saturated heterocycles. The summed E-state index contributed by atoms with van der Waals surface area (Å²) >= 11 is 0. The largest absolute Gasteiger partial charge is 0.472 e. The van der Waals surface area contributed by atoms with E-state index in [1.165, 1.54) is 5.56 Å². The van der Waals surface area contributed by atoms with Gasteiger partial charge in [0.15, 0.2) is 0 Å². The summed E-state index contributed by atoms with van der Waals surface area (Å²) in [4.78, 5) is 0. The highest BCUT2D eigenvalue weighted by Gasteiger charge is 2.25. The van der Waals surface area contributed by atoms with Crippen LogP contribution in [0.25, 0.3) is 0 Å². The van der Waals surface area contributed by atoms with E-state index in [2.05, 4.69) is 13.0 Å².